The highest BCUT2D eigenvalue weighted by molar-refractivity contribution is 5.23. The van der Waals surface area contributed by atoms with Crippen LogP contribution >= 0.6 is 0 Å². The van der Waals surface area contributed by atoms with Gasteiger partial charge in [0.05, 0.1) is 0 Å². The Kier molecular flexibility index (Phi) is 3.39. The quantitative estimate of drug-likeness (QED) is 0.834. The van der Waals surface area contributed by atoms with Crippen LogP contribution in [0.25, 0.3) is 0 Å². The minimum absolute atomic E-state index is 0.0505. The van der Waals surface area contributed by atoms with E-state index in [1.807, 2.05) is 6.92 Å². The molecule has 1 atom stereocenters. The Morgan fingerprint density at radius 1 is 1.38 bits per heavy atom. The molecular formula is C12H15F2NO. The molecule has 1 fully saturated rings. The molecule has 0 heterocycles. The van der Waals surface area contributed by atoms with Crippen LogP contribution in [0.5, 0.6) is 5.75 Å². The number of nitrogens with one attached hydrogen (secondary N) is 1. The molecule has 16 heavy (non-hydrogen) atoms. The molecule has 2 nitrogen and oxygen atoms in total. The Morgan fingerprint density at radius 2 is 2.12 bits per heavy atom. The van der Waals surface area contributed by atoms with E-state index in [1.165, 1.54) is 18.9 Å². The van der Waals surface area contributed by atoms with Crippen LogP contribution in [0.2, 0.25) is 0 Å². The van der Waals surface area contributed by atoms with Crippen LogP contribution in [0.1, 0.15) is 19.8 Å². The Bertz CT molecular complexity index is 366. The van der Waals surface area contributed by atoms with Crippen LogP contribution in [0.15, 0.2) is 18.2 Å². The zero-order chi connectivity index (χ0) is 11.5. The first-order valence-corrected chi connectivity index (χ1v) is 5.50. The summed E-state index contributed by atoms with van der Waals surface area (Å²) in [6, 6.07) is 4.21. The molecule has 0 bridgehead atoms. The largest absolute Gasteiger partial charge is 0.489 e. The Morgan fingerprint density at radius 3 is 2.75 bits per heavy atom. The van der Waals surface area contributed by atoms with Gasteiger partial charge in [0, 0.05) is 18.7 Å². The van der Waals surface area contributed by atoms with E-state index in [9.17, 15) is 8.78 Å². The van der Waals surface area contributed by atoms with Crippen molar-refractivity contribution < 1.29 is 13.5 Å². The lowest BCUT2D eigenvalue weighted by Gasteiger charge is -2.15. The molecule has 0 radical (unpaired) electrons. The summed E-state index contributed by atoms with van der Waals surface area (Å²) in [7, 11) is 0. The number of ether oxygens (including phenoxy) is 1. The smallest absolute Gasteiger partial charge is 0.162 e. The molecule has 0 saturated heterocycles. The maximum atomic E-state index is 12.9. The van der Waals surface area contributed by atoms with Gasteiger partial charge >= 0.3 is 0 Å². The monoisotopic (exact) mass is 227 g/mol. The minimum Gasteiger partial charge on any atom is -0.489 e. The third kappa shape index (κ3) is 3.17. The summed E-state index contributed by atoms with van der Waals surface area (Å²) in [6.45, 7) is 2.63. The SMILES string of the molecule is CC(CNC1CC1)Oc1ccc(F)c(F)c1. The summed E-state index contributed by atoms with van der Waals surface area (Å²) in [5.74, 6) is -1.36. The van der Waals surface area contributed by atoms with Gasteiger partial charge in [0.15, 0.2) is 11.6 Å². The van der Waals surface area contributed by atoms with E-state index in [0.29, 0.717) is 11.8 Å². The van der Waals surface area contributed by atoms with Crippen molar-refractivity contribution in [1.29, 1.82) is 0 Å². The van der Waals surface area contributed by atoms with Gasteiger partial charge in [-0.1, -0.05) is 0 Å². The predicted octanol–water partition coefficient (Wildman–Crippen LogP) is 2.48. The van der Waals surface area contributed by atoms with Gasteiger partial charge in [0.25, 0.3) is 0 Å². The van der Waals surface area contributed by atoms with Gasteiger partial charge in [0.2, 0.25) is 0 Å². The second-order valence-electron chi connectivity index (χ2n) is 4.19. The minimum atomic E-state index is -0.875. The fourth-order valence-electron chi connectivity index (χ4n) is 1.44. The highest BCUT2D eigenvalue weighted by Crippen LogP contribution is 2.19. The number of halogens is 2. The molecular weight excluding hydrogens is 212 g/mol. The summed E-state index contributed by atoms with van der Waals surface area (Å²) >= 11 is 0. The summed E-state index contributed by atoms with van der Waals surface area (Å²) in [5, 5.41) is 3.31. The zero-order valence-electron chi connectivity index (χ0n) is 9.17. The van der Waals surface area contributed by atoms with E-state index in [0.717, 1.165) is 18.7 Å². The van der Waals surface area contributed by atoms with Crippen molar-refractivity contribution in [3.63, 3.8) is 0 Å². The van der Waals surface area contributed by atoms with E-state index < -0.39 is 11.6 Å². The van der Waals surface area contributed by atoms with Gasteiger partial charge in [-0.3, -0.25) is 0 Å². The number of rotatable bonds is 5. The van der Waals surface area contributed by atoms with Crippen molar-refractivity contribution >= 4 is 0 Å². The summed E-state index contributed by atoms with van der Waals surface area (Å²) < 4.78 is 31.0. The molecule has 1 N–H and O–H groups in total. The van der Waals surface area contributed by atoms with Gasteiger partial charge in [-0.25, -0.2) is 8.78 Å². The van der Waals surface area contributed by atoms with Crippen LogP contribution in [0, 0.1) is 11.6 Å². The molecule has 1 unspecified atom stereocenters. The third-order valence-corrected chi connectivity index (χ3v) is 2.50. The molecule has 1 aromatic carbocycles. The van der Waals surface area contributed by atoms with Gasteiger partial charge in [-0.15, -0.1) is 0 Å². The molecule has 88 valence electrons. The molecule has 1 aromatic rings. The maximum absolute atomic E-state index is 12.9. The number of hydrogen-bond acceptors (Lipinski definition) is 2. The molecule has 2 rings (SSSR count). The molecule has 0 aliphatic heterocycles. The van der Waals surface area contributed by atoms with Crippen molar-refractivity contribution in [3.8, 4) is 5.75 Å². The van der Waals surface area contributed by atoms with Gasteiger partial charge in [-0.05, 0) is 31.9 Å². The molecule has 4 heteroatoms. The lowest BCUT2D eigenvalue weighted by Crippen LogP contribution is -2.30. The maximum Gasteiger partial charge on any atom is 0.162 e. The van der Waals surface area contributed by atoms with Crippen LogP contribution in [0.3, 0.4) is 0 Å². The second kappa shape index (κ2) is 4.78. The first-order chi connectivity index (χ1) is 7.65. The molecule has 0 amide bonds. The summed E-state index contributed by atoms with van der Waals surface area (Å²) in [4.78, 5) is 0. The van der Waals surface area contributed by atoms with Gasteiger partial charge < -0.3 is 10.1 Å². The van der Waals surface area contributed by atoms with Gasteiger partial charge in [0.1, 0.15) is 11.9 Å². The predicted molar refractivity (Wildman–Crippen MR) is 57.5 cm³/mol. The Balaban J connectivity index is 1.84. The van der Waals surface area contributed by atoms with Crippen molar-refractivity contribution in [3.05, 3.63) is 29.8 Å². The Hall–Kier alpha value is -1.16. The van der Waals surface area contributed by atoms with E-state index in [-0.39, 0.29) is 6.10 Å². The molecule has 0 spiro atoms. The number of benzene rings is 1. The third-order valence-electron chi connectivity index (χ3n) is 2.50. The fraction of sp³-hybridized carbons (Fsp3) is 0.500. The van der Waals surface area contributed by atoms with E-state index >= 15 is 0 Å². The highest BCUT2D eigenvalue weighted by Gasteiger charge is 2.21. The highest BCUT2D eigenvalue weighted by atomic mass is 19.2. The van der Waals surface area contributed by atoms with Gasteiger partial charge in [-0.2, -0.15) is 0 Å². The molecule has 1 aliphatic carbocycles. The van der Waals surface area contributed by atoms with Crippen LogP contribution in [-0.2, 0) is 0 Å². The normalized spacial score (nSPS) is 17.2. The molecule has 1 aliphatic rings. The first-order valence-electron chi connectivity index (χ1n) is 5.50. The lowest BCUT2D eigenvalue weighted by atomic mass is 10.3. The summed E-state index contributed by atoms with van der Waals surface area (Å²) in [6.07, 6.45) is 2.39. The van der Waals surface area contributed by atoms with Crippen molar-refractivity contribution in [2.75, 3.05) is 6.54 Å². The van der Waals surface area contributed by atoms with E-state index in [1.54, 1.807) is 0 Å². The zero-order valence-corrected chi connectivity index (χ0v) is 9.17. The number of hydrogen-bond donors (Lipinski definition) is 1. The fourth-order valence-corrected chi connectivity index (χ4v) is 1.44. The van der Waals surface area contributed by atoms with Crippen molar-refractivity contribution in [2.24, 2.45) is 0 Å². The molecule has 1 saturated carbocycles. The second-order valence-corrected chi connectivity index (χ2v) is 4.19. The van der Waals surface area contributed by atoms with E-state index in [4.69, 9.17) is 4.74 Å². The first kappa shape index (κ1) is 11.3. The van der Waals surface area contributed by atoms with Crippen LogP contribution < -0.4 is 10.1 Å². The average molecular weight is 227 g/mol. The topological polar surface area (TPSA) is 21.3 Å². The summed E-state index contributed by atoms with van der Waals surface area (Å²) in [5.41, 5.74) is 0. The van der Waals surface area contributed by atoms with Crippen molar-refractivity contribution in [1.82, 2.24) is 5.32 Å². The van der Waals surface area contributed by atoms with Crippen LogP contribution in [0.4, 0.5) is 8.78 Å². The van der Waals surface area contributed by atoms with Crippen molar-refractivity contribution in [2.45, 2.75) is 31.9 Å². The van der Waals surface area contributed by atoms with Crippen LogP contribution in [-0.4, -0.2) is 18.7 Å². The molecule has 0 aromatic heterocycles. The van der Waals surface area contributed by atoms with E-state index in [2.05, 4.69) is 5.32 Å². The average Bonchev–Trinajstić information content (AvgIpc) is 3.04. The lowest BCUT2D eigenvalue weighted by molar-refractivity contribution is 0.215. The standard InChI is InChI=1S/C12H15F2NO/c1-8(7-15-9-2-3-9)16-10-4-5-11(13)12(14)6-10/h4-6,8-9,15H,2-3,7H2,1H3. The Labute approximate surface area is 93.6 Å².